The predicted molar refractivity (Wildman–Crippen MR) is 136 cm³/mol. The lowest BCUT2D eigenvalue weighted by atomic mass is 10.1. The standard InChI is InChI=1S/C24H25N3O6S2/c1-17-6-4-8-21(14-17)26-35(32,33)23-12-10-20(11-13-23)25-24(29)16-27(34(3,30)31)22-9-5-7-19(15-22)18(2)28/h4-15,26H,16H2,1-3H3,(H,25,29). The molecule has 1 amide bonds. The number of amides is 1. The molecule has 3 rings (SSSR count). The van der Waals surface area contributed by atoms with Gasteiger partial charge in [0.15, 0.2) is 5.78 Å². The highest BCUT2D eigenvalue weighted by Crippen LogP contribution is 2.21. The lowest BCUT2D eigenvalue weighted by molar-refractivity contribution is -0.114. The summed E-state index contributed by atoms with van der Waals surface area (Å²) in [4.78, 5) is 24.3. The van der Waals surface area contributed by atoms with Gasteiger partial charge in [0.1, 0.15) is 6.54 Å². The molecular weight excluding hydrogens is 490 g/mol. The van der Waals surface area contributed by atoms with Crippen LogP contribution in [0.15, 0.2) is 77.7 Å². The minimum absolute atomic E-state index is 0.00387. The summed E-state index contributed by atoms with van der Waals surface area (Å²) in [6, 6.07) is 18.4. The average molecular weight is 516 g/mol. The minimum Gasteiger partial charge on any atom is -0.325 e. The fourth-order valence-electron chi connectivity index (χ4n) is 3.25. The van der Waals surface area contributed by atoms with E-state index in [-0.39, 0.29) is 22.1 Å². The largest absolute Gasteiger partial charge is 0.325 e. The summed E-state index contributed by atoms with van der Waals surface area (Å²) in [7, 11) is -7.67. The Labute approximate surface area is 204 Å². The van der Waals surface area contributed by atoms with Crippen LogP contribution in [0.1, 0.15) is 22.8 Å². The van der Waals surface area contributed by atoms with Gasteiger partial charge in [-0.05, 0) is 67.9 Å². The van der Waals surface area contributed by atoms with E-state index in [4.69, 9.17) is 0 Å². The van der Waals surface area contributed by atoms with Gasteiger partial charge in [-0.2, -0.15) is 0 Å². The molecule has 3 aromatic rings. The Morgan fingerprint density at radius 1 is 0.857 bits per heavy atom. The van der Waals surface area contributed by atoms with E-state index in [0.29, 0.717) is 11.3 Å². The van der Waals surface area contributed by atoms with Crippen LogP contribution in [-0.4, -0.2) is 41.3 Å². The van der Waals surface area contributed by atoms with E-state index in [2.05, 4.69) is 10.0 Å². The molecule has 0 heterocycles. The van der Waals surface area contributed by atoms with E-state index in [0.717, 1.165) is 16.1 Å². The number of hydrogen-bond acceptors (Lipinski definition) is 6. The Kier molecular flexibility index (Phi) is 7.61. The minimum atomic E-state index is -3.84. The van der Waals surface area contributed by atoms with E-state index in [1.54, 1.807) is 24.3 Å². The number of rotatable bonds is 9. The molecule has 0 unspecified atom stereocenters. The van der Waals surface area contributed by atoms with Crippen LogP contribution in [0, 0.1) is 6.92 Å². The molecule has 0 aliphatic heterocycles. The molecule has 0 fully saturated rings. The van der Waals surface area contributed by atoms with Crippen molar-refractivity contribution in [3.8, 4) is 0 Å². The van der Waals surface area contributed by atoms with Crippen molar-refractivity contribution in [2.75, 3.05) is 27.1 Å². The van der Waals surface area contributed by atoms with E-state index < -0.39 is 32.5 Å². The van der Waals surface area contributed by atoms with Crippen molar-refractivity contribution in [1.29, 1.82) is 0 Å². The Morgan fingerprint density at radius 2 is 1.51 bits per heavy atom. The van der Waals surface area contributed by atoms with Crippen LogP contribution in [-0.2, 0) is 24.8 Å². The normalized spacial score (nSPS) is 11.5. The molecule has 0 aliphatic carbocycles. The number of carbonyl (C=O) groups is 2. The number of sulfonamides is 2. The highest BCUT2D eigenvalue weighted by Gasteiger charge is 2.22. The van der Waals surface area contributed by atoms with E-state index in [1.807, 2.05) is 13.0 Å². The lowest BCUT2D eigenvalue weighted by Crippen LogP contribution is -2.37. The third-order valence-corrected chi connectivity index (χ3v) is 7.48. The molecule has 0 radical (unpaired) electrons. The summed E-state index contributed by atoms with van der Waals surface area (Å²) in [6.45, 7) is 2.67. The van der Waals surface area contributed by atoms with Gasteiger partial charge in [-0.1, -0.05) is 24.3 Å². The van der Waals surface area contributed by atoms with Gasteiger partial charge in [-0.3, -0.25) is 18.6 Å². The van der Waals surface area contributed by atoms with Crippen molar-refractivity contribution in [1.82, 2.24) is 0 Å². The molecule has 0 aromatic heterocycles. The summed E-state index contributed by atoms with van der Waals surface area (Å²) in [5.41, 5.74) is 2.11. The van der Waals surface area contributed by atoms with E-state index in [9.17, 15) is 26.4 Å². The van der Waals surface area contributed by atoms with Crippen LogP contribution in [0.3, 0.4) is 0 Å². The van der Waals surface area contributed by atoms with Crippen molar-refractivity contribution in [3.63, 3.8) is 0 Å². The van der Waals surface area contributed by atoms with E-state index >= 15 is 0 Å². The second kappa shape index (κ2) is 10.3. The van der Waals surface area contributed by atoms with Gasteiger partial charge in [0.05, 0.1) is 16.8 Å². The number of carbonyl (C=O) groups excluding carboxylic acids is 2. The Morgan fingerprint density at radius 3 is 2.11 bits per heavy atom. The first-order chi connectivity index (χ1) is 16.3. The summed E-state index contributed by atoms with van der Waals surface area (Å²) in [6.07, 6.45) is 0.960. The Balaban J connectivity index is 1.73. The number of ketones is 1. The molecule has 0 bridgehead atoms. The molecule has 0 spiro atoms. The van der Waals surface area contributed by atoms with Gasteiger partial charge in [-0.15, -0.1) is 0 Å². The van der Waals surface area contributed by atoms with Crippen molar-refractivity contribution in [2.24, 2.45) is 0 Å². The quantitative estimate of drug-likeness (QED) is 0.420. The fourth-order valence-corrected chi connectivity index (χ4v) is 5.15. The molecular formula is C24H25N3O6S2. The summed E-state index contributed by atoms with van der Waals surface area (Å²) in [5.74, 6) is -0.881. The monoisotopic (exact) mass is 515 g/mol. The first kappa shape index (κ1) is 25.9. The van der Waals surface area contributed by atoms with Crippen LogP contribution in [0.2, 0.25) is 0 Å². The summed E-state index contributed by atoms with van der Waals surface area (Å²) in [5, 5.41) is 2.56. The summed E-state index contributed by atoms with van der Waals surface area (Å²) < 4.78 is 53.3. The molecule has 0 saturated carbocycles. The van der Waals surface area contributed by atoms with Crippen molar-refractivity contribution in [2.45, 2.75) is 18.7 Å². The highest BCUT2D eigenvalue weighted by molar-refractivity contribution is 7.92. The number of benzene rings is 3. The number of nitrogens with zero attached hydrogens (tertiary/aromatic N) is 1. The number of aryl methyl sites for hydroxylation is 1. The second-order valence-corrected chi connectivity index (χ2v) is 11.5. The zero-order chi connectivity index (χ0) is 25.8. The molecule has 11 heteroatoms. The molecule has 9 nitrogen and oxygen atoms in total. The highest BCUT2D eigenvalue weighted by atomic mass is 32.2. The molecule has 2 N–H and O–H groups in total. The zero-order valence-corrected chi connectivity index (χ0v) is 21.0. The maximum absolute atomic E-state index is 12.6. The molecule has 0 aliphatic rings. The Hall–Kier alpha value is -3.70. The maximum Gasteiger partial charge on any atom is 0.261 e. The van der Waals surface area contributed by atoms with Crippen LogP contribution >= 0.6 is 0 Å². The number of Topliss-reactive ketones (excluding diaryl/α,β-unsaturated/α-hetero) is 1. The predicted octanol–water partition coefficient (Wildman–Crippen LogP) is 3.40. The van der Waals surface area contributed by atoms with Gasteiger partial charge in [0.2, 0.25) is 15.9 Å². The van der Waals surface area contributed by atoms with E-state index in [1.165, 1.54) is 49.4 Å². The maximum atomic E-state index is 12.6. The van der Waals surface area contributed by atoms with Gasteiger partial charge in [0.25, 0.3) is 10.0 Å². The molecule has 184 valence electrons. The lowest BCUT2D eigenvalue weighted by Gasteiger charge is -2.22. The smallest absolute Gasteiger partial charge is 0.261 e. The molecule has 0 atom stereocenters. The van der Waals surface area contributed by atoms with Gasteiger partial charge in [-0.25, -0.2) is 16.8 Å². The second-order valence-electron chi connectivity index (χ2n) is 7.92. The first-order valence-electron chi connectivity index (χ1n) is 10.4. The summed E-state index contributed by atoms with van der Waals surface area (Å²) >= 11 is 0. The first-order valence-corrected chi connectivity index (χ1v) is 13.8. The molecule has 35 heavy (non-hydrogen) atoms. The number of anilines is 3. The SMILES string of the molecule is CC(=O)c1cccc(N(CC(=O)Nc2ccc(S(=O)(=O)Nc3cccc(C)c3)cc2)S(C)(=O)=O)c1. The van der Waals surface area contributed by atoms with Crippen LogP contribution in [0.25, 0.3) is 0 Å². The number of hydrogen-bond donors (Lipinski definition) is 2. The van der Waals surface area contributed by atoms with Gasteiger partial charge < -0.3 is 5.32 Å². The van der Waals surface area contributed by atoms with Crippen molar-refractivity contribution < 1.29 is 26.4 Å². The Bertz CT molecular complexity index is 1470. The van der Waals surface area contributed by atoms with Gasteiger partial charge in [0, 0.05) is 16.9 Å². The average Bonchev–Trinajstić information content (AvgIpc) is 2.77. The third-order valence-electron chi connectivity index (χ3n) is 4.95. The van der Waals surface area contributed by atoms with Crippen LogP contribution in [0.5, 0.6) is 0 Å². The molecule has 0 saturated heterocycles. The van der Waals surface area contributed by atoms with Gasteiger partial charge >= 0.3 is 0 Å². The third kappa shape index (κ3) is 6.90. The zero-order valence-electron chi connectivity index (χ0n) is 19.3. The number of nitrogens with one attached hydrogen (secondary N) is 2. The molecule has 3 aromatic carbocycles. The van der Waals surface area contributed by atoms with Crippen LogP contribution in [0.4, 0.5) is 17.1 Å². The fraction of sp³-hybridized carbons (Fsp3) is 0.167. The van der Waals surface area contributed by atoms with Crippen LogP contribution < -0.4 is 14.3 Å². The topological polar surface area (TPSA) is 130 Å². The van der Waals surface area contributed by atoms with Crippen molar-refractivity contribution >= 4 is 48.8 Å². The van der Waals surface area contributed by atoms with Crippen molar-refractivity contribution in [3.05, 3.63) is 83.9 Å².